The van der Waals surface area contributed by atoms with E-state index in [2.05, 4.69) is 10.3 Å². The molecule has 1 N–H and O–H groups in total. The fourth-order valence-corrected chi connectivity index (χ4v) is 1.76. The lowest BCUT2D eigenvalue weighted by atomic mass is 10.2. The number of nitrogens with zero attached hydrogens (tertiary/aromatic N) is 1. The predicted molar refractivity (Wildman–Crippen MR) is 72.3 cm³/mol. The summed E-state index contributed by atoms with van der Waals surface area (Å²) in [5.74, 6) is -1.74. The molecular weight excluding hydrogens is 262 g/mol. The lowest BCUT2D eigenvalue weighted by molar-refractivity contribution is 0.273. The second-order valence-corrected chi connectivity index (χ2v) is 4.32. The Labute approximate surface area is 116 Å². The van der Waals surface area contributed by atoms with Crippen LogP contribution in [0.3, 0.4) is 0 Å². The number of rotatable bonds is 6. The molecule has 0 aliphatic rings. The second-order valence-electron chi connectivity index (χ2n) is 4.32. The Bertz CT molecular complexity index is 538. The summed E-state index contributed by atoms with van der Waals surface area (Å²) in [5, 5.41) is 3.01. The number of ether oxygens (including phenoxy) is 1. The van der Waals surface area contributed by atoms with Gasteiger partial charge in [0.2, 0.25) is 0 Å². The molecular formula is C15H16F2N2O. The molecule has 0 unspecified atom stereocenters. The Balaban J connectivity index is 2.08. The summed E-state index contributed by atoms with van der Waals surface area (Å²) >= 11 is 0. The first-order valence-corrected chi connectivity index (χ1v) is 6.41. The summed E-state index contributed by atoms with van der Waals surface area (Å²) < 4.78 is 32.9. The van der Waals surface area contributed by atoms with Gasteiger partial charge < -0.3 is 10.1 Å². The summed E-state index contributed by atoms with van der Waals surface area (Å²) in [6, 6.07) is 6.09. The average molecular weight is 278 g/mol. The molecule has 2 aromatic rings. The van der Waals surface area contributed by atoms with E-state index >= 15 is 0 Å². The van der Waals surface area contributed by atoms with Crippen molar-refractivity contribution >= 4 is 0 Å². The van der Waals surface area contributed by atoms with Crippen molar-refractivity contribution < 1.29 is 13.5 Å². The van der Waals surface area contributed by atoms with Crippen LogP contribution in [-0.2, 0) is 13.2 Å². The van der Waals surface area contributed by atoms with Gasteiger partial charge in [0, 0.05) is 24.5 Å². The number of hydrogen-bond acceptors (Lipinski definition) is 3. The van der Waals surface area contributed by atoms with E-state index in [0.29, 0.717) is 12.1 Å². The van der Waals surface area contributed by atoms with Crippen molar-refractivity contribution in [2.45, 2.75) is 20.1 Å². The average Bonchev–Trinajstić information content (AvgIpc) is 2.45. The topological polar surface area (TPSA) is 34.1 Å². The molecule has 0 amide bonds. The number of benzene rings is 1. The van der Waals surface area contributed by atoms with Gasteiger partial charge in [0.25, 0.3) is 0 Å². The van der Waals surface area contributed by atoms with Crippen molar-refractivity contribution in [1.29, 1.82) is 0 Å². The molecule has 3 nitrogen and oxygen atoms in total. The predicted octanol–water partition coefficient (Wildman–Crippen LogP) is 3.05. The Kier molecular flexibility index (Phi) is 5.01. The molecule has 0 aliphatic carbocycles. The van der Waals surface area contributed by atoms with Gasteiger partial charge in [-0.05, 0) is 30.3 Å². The van der Waals surface area contributed by atoms with E-state index in [1.54, 1.807) is 24.5 Å². The van der Waals surface area contributed by atoms with Crippen LogP contribution in [0.2, 0.25) is 0 Å². The molecule has 1 heterocycles. The molecule has 106 valence electrons. The normalized spacial score (nSPS) is 10.6. The van der Waals surface area contributed by atoms with Crippen molar-refractivity contribution in [2.75, 3.05) is 6.54 Å². The zero-order chi connectivity index (χ0) is 14.4. The first-order chi connectivity index (χ1) is 9.70. The molecule has 0 fully saturated rings. The van der Waals surface area contributed by atoms with E-state index in [1.807, 2.05) is 6.92 Å². The molecule has 0 spiro atoms. The van der Waals surface area contributed by atoms with Crippen molar-refractivity contribution in [2.24, 2.45) is 0 Å². The Morgan fingerprint density at radius 2 is 1.95 bits per heavy atom. The Morgan fingerprint density at radius 3 is 2.55 bits per heavy atom. The van der Waals surface area contributed by atoms with Gasteiger partial charge in [0.05, 0.1) is 0 Å². The van der Waals surface area contributed by atoms with E-state index in [4.69, 9.17) is 4.74 Å². The largest absolute Gasteiger partial charge is 0.483 e. The lowest BCUT2D eigenvalue weighted by Crippen LogP contribution is -2.12. The molecule has 0 bridgehead atoms. The van der Waals surface area contributed by atoms with Crippen LogP contribution in [0, 0.1) is 11.6 Å². The van der Waals surface area contributed by atoms with Crippen LogP contribution >= 0.6 is 0 Å². The van der Waals surface area contributed by atoms with Crippen LogP contribution in [0.4, 0.5) is 8.78 Å². The minimum absolute atomic E-state index is 0.0776. The molecule has 2 rings (SSSR count). The summed E-state index contributed by atoms with van der Waals surface area (Å²) in [6.45, 7) is 3.17. The third-order valence-electron chi connectivity index (χ3n) is 2.74. The molecule has 0 radical (unpaired) electrons. The van der Waals surface area contributed by atoms with Gasteiger partial charge in [-0.1, -0.05) is 13.0 Å². The minimum Gasteiger partial charge on any atom is -0.483 e. The Morgan fingerprint density at radius 1 is 1.20 bits per heavy atom. The fraction of sp³-hybridized carbons (Fsp3) is 0.267. The third kappa shape index (κ3) is 3.74. The third-order valence-corrected chi connectivity index (χ3v) is 2.74. The number of aromatic nitrogens is 1. The van der Waals surface area contributed by atoms with Crippen molar-refractivity contribution in [1.82, 2.24) is 10.3 Å². The highest BCUT2D eigenvalue weighted by Crippen LogP contribution is 2.24. The van der Waals surface area contributed by atoms with Crippen LogP contribution in [0.15, 0.2) is 36.7 Å². The number of pyridine rings is 1. The molecule has 1 aromatic heterocycles. The highest BCUT2D eigenvalue weighted by atomic mass is 19.1. The van der Waals surface area contributed by atoms with Crippen LogP contribution in [-0.4, -0.2) is 11.5 Å². The number of halogens is 2. The summed E-state index contributed by atoms with van der Waals surface area (Å²) in [6.07, 6.45) is 3.22. The molecule has 0 atom stereocenters. The zero-order valence-corrected chi connectivity index (χ0v) is 11.2. The van der Waals surface area contributed by atoms with Gasteiger partial charge in [-0.3, -0.25) is 4.98 Å². The van der Waals surface area contributed by atoms with E-state index in [0.717, 1.165) is 12.1 Å². The van der Waals surface area contributed by atoms with Gasteiger partial charge in [-0.25, -0.2) is 8.78 Å². The molecule has 5 heteroatoms. The summed E-state index contributed by atoms with van der Waals surface area (Å²) in [5.41, 5.74) is 1.30. The van der Waals surface area contributed by atoms with Gasteiger partial charge in [0.15, 0.2) is 17.4 Å². The van der Waals surface area contributed by atoms with E-state index < -0.39 is 11.6 Å². The summed E-state index contributed by atoms with van der Waals surface area (Å²) in [7, 11) is 0. The molecule has 20 heavy (non-hydrogen) atoms. The zero-order valence-electron chi connectivity index (χ0n) is 11.2. The SMILES string of the molecule is CCNCc1cc(F)c(OCc2cccnc2)c(F)c1. The first kappa shape index (κ1) is 14.4. The second kappa shape index (κ2) is 6.96. The van der Waals surface area contributed by atoms with Crippen LogP contribution in [0.5, 0.6) is 5.75 Å². The van der Waals surface area contributed by atoms with Crippen LogP contribution in [0.25, 0.3) is 0 Å². The van der Waals surface area contributed by atoms with Gasteiger partial charge in [-0.2, -0.15) is 0 Å². The maximum Gasteiger partial charge on any atom is 0.191 e. The number of hydrogen-bond donors (Lipinski definition) is 1. The quantitative estimate of drug-likeness (QED) is 0.882. The summed E-state index contributed by atoms with van der Waals surface area (Å²) in [4.78, 5) is 3.91. The number of nitrogens with one attached hydrogen (secondary N) is 1. The molecule has 1 aromatic carbocycles. The van der Waals surface area contributed by atoms with Gasteiger partial charge >= 0.3 is 0 Å². The van der Waals surface area contributed by atoms with Crippen LogP contribution < -0.4 is 10.1 Å². The molecule has 0 saturated heterocycles. The first-order valence-electron chi connectivity index (χ1n) is 6.41. The van der Waals surface area contributed by atoms with Crippen LogP contribution in [0.1, 0.15) is 18.1 Å². The highest BCUT2D eigenvalue weighted by molar-refractivity contribution is 5.31. The monoisotopic (exact) mass is 278 g/mol. The van der Waals surface area contributed by atoms with E-state index in [1.165, 1.54) is 12.1 Å². The maximum atomic E-state index is 13.8. The smallest absolute Gasteiger partial charge is 0.191 e. The van der Waals surface area contributed by atoms with Crippen molar-refractivity contribution in [3.63, 3.8) is 0 Å². The minimum atomic E-state index is -0.693. The maximum absolute atomic E-state index is 13.8. The van der Waals surface area contributed by atoms with E-state index in [-0.39, 0.29) is 12.4 Å². The van der Waals surface area contributed by atoms with Gasteiger partial charge in [-0.15, -0.1) is 0 Å². The highest BCUT2D eigenvalue weighted by Gasteiger charge is 2.12. The van der Waals surface area contributed by atoms with Crippen molar-refractivity contribution in [3.05, 3.63) is 59.4 Å². The van der Waals surface area contributed by atoms with E-state index in [9.17, 15) is 8.78 Å². The van der Waals surface area contributed by atoms with Crippen molar-refractivity contribution in [3.8, 4) is 5.75 Å². The van der Waals surface area contributed by atoms with Gasteiger partial charge in [0.1, 0.15) is 6.61 Å². The molecule has 0 aliphatic heterocycles. The lowest BCUT2D eigenvalue weighted by Gasteiger charge is -2.10. The Hall–Kier alpha value is -2.01. The fourth-order valence-electron chi connectivity index (χ4n) is 1.76. The molecule has 0 saturated carbocycles. The standard InChI is InChI=1S/C15H16F2N2O/c1-2-18-9-12-6-13(16)15(14(17)7-12)20-10-11-4-3-5-19-8-11/h3-8,18H,2,9-10H2,1H3.